The van der Waals surface area contributed by atoms with Crippen molar-refractivity contribution in [1.29, 1.82) is 0 Å². The second-order valence-electron chi connectivity index (χ2n) is 6.57. The molecule has 0 aliphatic heterocycles. The molecule has 0 radical (unpaired) electrons. The fraction of sp³-hybridized carbons (Fsp3) is 0.273. The molecule has 1 aromatic heterocycles. The Morgan fingerprint density at radius 2 is 1.89 bits per heavy atom. The molecule has 146 valence electrons. The van der Waals surface area contributed by atoms with E-state index in [2.05, 4.69) is 10.5 Å². The number of hydrogen-bond donors (Lipinski definition) is 1. The third-order valence-corrected chi connectivity index (χ3v) is 4.68. The van der Waals surface area contributed by atoms with Gasteiger partial charge in [-0.05, 0) is 50.1 Å². The molecule has 0 spiro atoms. The van der Waals surface area contributed by atoms with Gasteiger partial charge in [0.1, 0.15) is 12.4 Å². The standard InChI is InChI=1S/C22H24N2O4/c1-14-7-5-6-8-18(14)12-23-22(25)17-9-10-20(21(11-17)26-4)27-13-19-15(2)24-28-16(19)3/h5-11H,12-13H2,1-4H3,(H,23,25). The highest BCUT2D eigenvalue weighted by molar-refractivity contribution is 5.94. The van der Waals surface area contributed by atoms with Gasteiger partial charge in [0.15, 0.2) is 11.5 Å². The van der Waals surface area contributed by atoms with Gasteiger partial charge in [0.05, 0.1) is 18.4 Å². The molecule has 0 unspecified atom stereocenters. The topological polar surface area (TPSA) is 73.6 Å². The van der Waals surface area contributed by atoms with Crippen molar-refractivity contribution in [2.45, 2.75) is 33.9 Å². The van der Waals surface area contributed by atoms with Gasteiger partial charge < -0.3 is 19.3 Å². The predicted octanol–water partition coefficient (Wildman–Crippen LogP) is 4.12. The van der Waals surface area contributed by atoms with E-state index < -0.39 is 0 Å². The molecule has 0 atom stereocenters. The Kier molecular flexibility index (Phi) is 5.99. The van der Waals surface area contributed by atoms with Crippen LogP contribution in [0.2, 0.25) is 0 Å². The van der Waals surface area contributed by atoms with Crippen LogP contribution in [0.15, 0.2) is 47.0 Å². The van der Waals surface area contributed by atoms with Crippen molar-refractivity contribution >= 4 is 5.91 Å². The Morgan fingerprint density at radius 1 is 1.11 bits per heavy atom. The number of carbonyl (C=O) groups excluding carboxylic acids is 1. The summed E-state index contributed by atoms with van der Waals surface area (Å²) in [5.41, 5.74) is 4.44. The number of hydrogen-bond acceptors (Lipinski definition) is 5. The lowest BCUT2D eigenvalue weighted by molar-refractivity contribution is 0.0950. The highest BCUT2D eigenvalue weighted by atomic mass is 16.5. The molecular formula is C22H24N2O4. The number of aromatic nitrogens is 1. The Balaban J connectivity index is 1.68. The number of methoxy groups -OCH3 is 1. The van der Waals surface area contributed by atoms with Crippen LogP contribution in [0, 0.1) is 20.8 Å². The van der Waals surface area contributed by atoms with E-state index in [0.29, 0.717) is 30.2 Å². The summed E-state index contributed by atoms with van der Waals surface area (Å²) in [6.45, 7) is 6.52. The van der Waals surface area contributed by atoms with Crippen molar-refractivity contribution < 1.29 is 18.8 Å². The van der Waals surface area contributed by atoms with Gasteiger partial charge in [-0.25, -0.2) is 0 Å². The van der Waals surface area contributed by atoms with E-state index in [0.717, 1.165) is 28.1 Å². The molecule has 0 fully saturated rings. The summed E-state index contributed by atoms with van der Waals surface area (Å²) in [5.74, 6) is 1.61. The first kappa shape index (κ1) is 19.5. The van der Waals surface area contributed by atoms with Gasteiger partial charge in [0, 0.05) is 12.1 Å². The first-order valence-electron chi connectivity index (χ1n) is 9.05. The number of carbonyl (C=O) groups is 1. The highest BCUT2D eigenvalue weighted by Gasteiger charge is 2.14. The van der Waals surface area contributed by atoms with Gasteiger partial charge in [0.25, 0.3) is 5.91 Å². The quantitative estimate of drug-likeness (QED) is 0.667. The smallest absolute Gasteiger partial charge is 0.251 e. The van der Waals surface area contributed by atoms with Crippen LogP contribution in [0.1, 0.15) is 38.5 Å². The predicted molar refractivity (Wildman–Crippen MR) is 106 cm³/mol. The number of ether oxygens (including phenoxy) is 2. The minimum absolute atomic E-state index is 0.168. The summed E-state index contributed by atoms with van der Waals surface area (Å²) >= 11 is 0. The van der Waals surface area contributed by atoms with Gasteiger partial charge in [-0.2, -0.15) is 0 Å². The lowest BCUT2D eigenvalue weighted by atomic mass is 10.1. The van der Waals surface area contributed by atoms with Crippen molar-refractivity contribution in [3.63, 3.8) is 0 Å². The molecule has 6 heteroatoms. The second-order valence-corrected chi connectivity index (χ2v) is 6.57. The lowest BCUT2D eigenvalue weighted by Crippen LogP contribution is -2.23. The second kappa shape index (κ2) is 8.61. The number of benzene rings is 2. The molecule has 0 aliphatic carbocycles. The van der Waals surface area contributed by atoms with Crippen molar-refractivity contribution in [2.75, 3.05) is 7.11 Å². The van der Waals surface area contributed by atoms with E-state index in [4.69, 9.17) is 14.0 Å². The minimum atomic E-state index is -0.168. The number of rotatable bonds is 7. The molecule has 0 aliphatic rings. The average molecular weight is 380 g/mol. The largest absolute Gasteiger partial charge is 0.493 e. The van der Waals surface area contributed by atoms with Crippen LogP contribution in [0.4, 0.5) is 0 Å². The van der Waals surface area contributed by atoms with Crippen LogP contribution in [0.3, 0.4) is 0 Å². The number of aryl methyl sites for hydroxylation is 3. The van der Waals surface area contributed by atoms with Crippen LogP contribution in [0.5, 0.6) is 11.5 Å². The molecular weight excluding hydrogens is 356 g/mol. The molecule has 0 saturated carbocycles. The van der Waals surface area contributed by atoms with Crippen LogP contribution < -0.4 is 14.8 Å². The van der Waals surface area contributed by atoms with Crippen LogP contribution in [0.25, 0.3) is 0 Å². The van der Waals surface area contributed by atoms with Gasteiger partial charge in [-0.15, -0.1) is 0 Å². The normalized spacial score (nSPS) is 10.6. The van der Waals surface area contributed by atoms with E-state index in [1.165, 1.54) is 0 Å². The maximum Gasteiger partial charge on any atom is 0.251 e. The molecule has 3 aromatic rings. The van der Waals surface area contributed by atoms with E-state index in [1.54, 1.807) is 25.3 Å². The Morgan fingerprint density at radius 3 is 2.57 bits per heavy atom. The number of nitrogens with zero attached hydrogens (tertiary/aromatic N) is 1. The maximum absolute atomic E-state index is 12.5. The molecule has 28 heavy (non-hydrogen) atoms. The number of amides is 1. The first-order chi connectivity index (χ1) is 13.5. The third kappa shape index (κ3) is 4.34. The van der Waals surface area contributed by atoms with E-state index in [1.807, 2.05) is 45.0 Å². The van der Waals surface area contributed by atoms with E-state index >= 15 is 0 Å². The van der Waals surface area contributed by atoms with Crippen LogP contribution in [-0.4, -0.2) is 18.2 Å². The summed E-state index contributed by atoms with van der Waals surface area (Å²) < 4.78 is 16.4. The Hall–Kier alpha value is -3.28. The van der Waals surface area contributed by atoms with E-state index in [-0.39, 0.29) is 5.91 Å². The van der Waals surface area contributed by atoms with Crippen LogP contribution >= 0.6 is 0 Å². The molecule has 0 saturated heterocycles. The monoisotopic (exact) mass is 380 g/mol. The minimum Gasteiger partial charge on any atom is -0.493 e. The Bertz CT molecular complexity index is 959. The molecule has 6 nitrogen and oxygen atoms in total. The summed E-state index contributed by atoms with van der Waals surface area (Å²) in [5, 5.41) is 6.86. The zero-order valence-electron chi connectivity index (χ0n) is 16.5. The lowest BCUT2D eigenvalue weighted by Gasteiger charge is -2.13. The van der Waals surface area contributed by atoms with Gasteiger partial charge >= 0.3 is 0 Å². The highest BCUT2D eigenvalue weighted by Crippen LogP contribution is 2.29. The fourth-order valence-electron chi connectivity index (χ4n) is 2.87. The SMILES string of the molecule is COc1cc(C(=O)NCc2ccccc2C)ccc1OCc1c(C)noc1C. The molecule has 1 heterocycles. The number of nitrogens with one attached hydrogen (secondary N) is 1. The summed E-state index contributed by atoms with van der Waals surface area (Å²) in [6.07, 6.45) is 0. The van der Waals surface area contributed by atoms with E-state index in [9.17, 15) is 4.79 Å². The van der Waals surface area contributed by atoms with Crippen molar-refractivity contribution in [1.82, 2.24) is 10.5 Å². The molecule has 3 rings (SSSR count). The van der Waals surface area contributed by atoms with Gasteiger partial charge in [-0.1, -0.05) is 29.4 Å². The maximum atomic E-state index is 12.5. The zero-order valence-corrected chi connectivity index (χ0v) is 16.5. The van der Waals surface area contributed by atoms with Crippen molar-refractivity contribution in [3.05, 3.63) is 76.2 Å². The van der Waals surface area contributed by atoms with Crippen molar-refractivity contribution in [3.8, 4) is 11.5 Å². The van der Waals surface area contributed by atoms with Crippen LogP contribution in [-0.2, 0) is 13.2 Å². The molecule has 1 amide bonds. The third-order valence-electron chi connectivity index (χ3n) is 4.68. The molecule has 2 aromatic carbocycles. The summed E-state index contributed by atoms with van der Waals surface area (Å²) in [7, 11) is 1.55. The Labute approximate surface area is 164 Å². The first-order valence-corrected chi connectivity index (χ1v) is 9.05. The zero-order chi connectivity index (χ0) is 20.1. The molecule has 0 bridgehead atoms. The fourth-order valence-corrected chi connectivity index (χ4v) is 2.87. The van der Waals surface area contributed by atoms with Gasteiger partial charge in [0.2, 0.25) is 0 Å². The molecule has 1 N–H and O–H groups in total. The average Bonchev–Trinajstić information content (AvgIpc) is 3.03. The van der Waals surface area contributed by atoms with Crippen molar-refractivity contribution in [2.24, 2.45) is 0 Å². The summed E-state index contributed by atoms with van der Waals surface area (Å²) in [6, 6.07) is 13.1. The summed E-state index contributed by atoms with van der Waals surface area (Å²) in [4.78, 5) is 12.5. The van der Waals surface area contributed by atoms with Gasteiger partial charge in [-0.3, -0.25) is 4.79 Å².